The number of amides is 1. The summed E-state index contributed by atoms with van der Waals surface area (Å²) in [6.07, 6.45) is 1.32. The van der Waals surface area contributed by atoms with Crippen molar-refractivity contribution in [2.45, 2.75) is 45.0 Å². The summed E-state index contributed by atoms with van der Waals surface area (Å²) in [7, 11) is 0. The van der Waals surface area contributed by atoms with Gasteiger partial charge in [0.05, 0.1) is 5.75 Å². The summed E-state index contributed by atoms with van der Waals surface area (Å²) < 4.78 is 1.75. The summed E-state index contributed by atoms with van der Waals surface area (Å²) in [5.74, 6) is 0.657. The van der Waals surface area contributed by atoms with Gasteiger partial charge in [-0.15, -0.1) is 5.10 Å². The van der Waals surface area contributed by atoms with E-state index in [0.29, 0.717) is 17.9 Å². The maximum absolute atomic E-state index is 10.9. The highest BCUT2D eigenvalue weighted by molar-refractivity contribution is 7.98. The Morgan fingerprint density at radius 3 is 2.85 bits per heavy atom. The number of hydrogen-bond acceptors (Lipinski definition) is 6. The molecule has 1 atom stereocenters. The fourth-order valence-corrected chi connectivity index (χ4v) is 2.52. The number of nitrogens with one attached hydrogen (secondary N) is 1. The highest BCUT2D eigenvalue weighted by atomic mass is 32.2. The predicted octanol–water partition coefficient (Wildman–Crippen LogP) is 0.296. The van der Waals surface area contributed by atoms with Crippen LogP contribution in [0.4, 0.5) is 0 Å². The van der Waals surface area contributed by atoms with Crippen LogP contribution in [0.2, 0.25) is 0 Å². The molecule has 0 radical (unpaired) electrons. The number of aromatic nitrogens is 4. The first-order valence-corrected chi connectivity index (χ1v) is 7.52. The Morgan fingerprint density at radius 2 is 2.25 bits per heavy atom. The fraction of sp³-hybridized carbons (Fsp3) is 0.727. The summed E-state index contributed by atoms with van der Waals surface area (Å²) in [4.78, 5) is 21.8. The van der Waals surface area contributed by atoms with Crippen LogP contribution in [0.5, 0.6) is 0 Å². The van der Waals surface area contributed by atoms with Crippen molar-refractivity contribution in [1.82, 2.24) is 25.5 Å². The van der Waals surface area contributed by atoms with Gasteiger partial charge in [0.25, 0.3) is 0 Å². The molecule has 20 heavy (non-hydrogen) atoms. The van der Waals surface area contributed by atoms with E-state index in [1.54, 1.807) is 16.4 Å². The van der Waals surface area contributed by atoms with Gasteiger partial charge < -0.3 is 10.4 Å². The summed E-state index contributed by atoms with van der Waals surface area (Å²) in [5.41, 5.74) is 0. The fourth-order valence-electron chi connectivity index (χ4n) is 1.58. The highest BCUT2D eigenvalue weighted by Gasteiger charge is 2.17. The molecule has 0 aliphatic heterocycles. The van der Waals surface area contributed by atoms with Gasteiger partial charge in [-0.2, -0.15) is 11.8 Å². The largest absolute Gasteiger partial charge is 0.480 e. The minimum absolute atomic E-state index is 0.339. The first-order chi connectivity index (χ1) is 9.54. The monoisotopic (exact) mass is 301 g/mol. The van der Waals surface area contributed by atoms with E-state index in [1.807, 2.05) is 6.92 Å². The molecule has 0 fully saturated rings. The Labute approximate surface area is 121 Å². The molecule has 0 aromatic carbocycles. The van der Waals surface area contributed by atoms with Gasteiger partial charge in [0.15, 0.2) is 5.82 Å². The van der Waals surface area contributed by atoms with Crippen LogP contribution in [0.3, 0.4) is 0 Å². The maximum Gasteiger partial charge on any atom is 0.326 e. The number of aryl methyl sites for hydroxylation is 1. The summed E-state index contributed by atoms with van der Waals surface area (Å²) >= 11 is 1.55. The molecular formula is C11H19N5O3S. The molecule has 1 heterocycles. The van der Waals surface area contributed by atoms with Crippen molar-refractivity contribution in [2.24, 2.45) is 0 Å². The molecule has 1 rings (SSSR count). The van der Waals surface area contributed by atoms with Gasteiger partial charge in [-0.3, -0.25) is 4.79 Å². The zero-order valence-electron chi connectivity index (χ0n) is 11.6. The molecule has 0 spiro atoms. The van der Waals surface area contributed by atoms with Crippen molar-refractivity contribution in [3.05, 3.63) is 5.82 Å². The van der Waals surface area contributed by atoms with Crippen LogP contribution in [0, 0.1) is 0 Å². The molecule has 1 aromatic heterocycles. The third kappa shape index (κ3) is 5.55. The number of carboxylic acids is 1. The van der Waals surface area contributed by atoms with Gasteiger partial charge in [-0.1, -0.05) is 6.92 Å². The Hall–Kier alpha value is -1.64. The van der Waals surface area contributed by atoms with Crippen molar-refractivity contribution in [3.63, 3.8) is 0 Å². The Morgan fingerprint density at radius 1 is 1.50 bits per heavy atom. The van der Waals surface area contributed by atoms with Gasteiger partial charge in [-0.25, -0.2) is 9.48 Å². The van der Waals surface area contributed by atoms with Crippen LogP contribution in [0.25, 0.3) is 0 Å². The Bertz CT molecular complexity index is 451. The quantitative estimate of drug-likeness (QED) is 0.631. The molecule has 1 aromatic rings. The Kier molecular flexibility index (Phi) is 6.99. The van der Waals surface area contributed by atoms with Crippen molar-refractivity contribution in [2.75, 3.05) is 5.75 Å². The lowest BCUT2D eigenvalue weighted by molar-refractivity contribution is -0.141. The lowest BCUT2D eigenvalue weighted by Crippen LogP contribution is -2.39. The average molecular weight is 301 g/mol. The number of carbonyl (C=O) groups excluding carboxylic acids is 1. The zero-order valence-corrected chi connectivity index (χ0v) is 12.4. The van der Waals surface area contributed by atoms with Crippen molar-refractivity contribution >= 4 is 23.6 Å². The number of aliphatic carboxylic acids is 1. The SMILES string of the molecule is CCCn1nnnc1CSCCC(NC(C)=O)C(=O)O. The smallest absolute Gasteiger partial charge is 0.326 e. The number of carbonyl (C=O) groups is 2. The standard InChI is InChI=1S/C11H19N5O3S/c1-3-5-16-10(13-14-15-16)7-20-6-4-9(11(18)19)12-8(2)17/h9H,3-7H2,1-2H3,(H,12,17)(H,18,19). The van der Waals surface area contributed by atoms with Crippen LogP contribution >= 0.6 is 11.8 Å². The number of nitrogens with zero attached hydrogens (tertiary/aromatic N) is 4. The molecule has 0 bridgehead atoms. The first-order valence-electron chi connectivity index (χ1n) is 6.37. The second kappa shape index (κ2) is 8.51. The van der Waals surface area contributed by atoms with E-state index in [1.165, 1.54) is 6.92 Å². The maximum atomic E-state index is 10.9. The minimum Gasteiger partial charge on any atom is -0.480 e. The number of rotatable bonds is 9. The average Bonchev–Trinajstić information content (AvgIpc) is 2.80. The molecule has 0 aliphatic rings. The van der Waals surface area contributed by atoms with E-state index in [4.69, 9.17) is 5.11 Å². The normalized spacial score (nSPS) is 12.1. The molecule has 9 heteroatoms. The summed E-state index contributed by atoms with van der Waals surface area (Å²) in [6, 6.07) is -0.841. The third-order valence-electron chi connectivity index (χ3n) is 2.50. The molecule has 0 aliphatic carbocycles. The van der Waals surface area contributed by atoms with E-state index in [-0.39, 0.29) is 5.91 Å². The van der Waals surface area contributed by atoms with E-state index < -0.39 is 12.0 Å². The van der Waals surface area contributed by atoms with Crippen molar-refractivity contribution < 1.29 is 14.7 Å². The van der Waals surface area contributed by atoms with E-state index in [9.17, 15) is 9.59 Å². The second-order valence-corrected chi connectivity index (χ2v) is 5.36. The van der Waals surface area contributed by atoms with Gasteiger partial charge in [0, 0.05) is 13.5 Å². The van der Waals surface area contributed by atoms with Crippen LogP contribution in [0.1, 0.15) is 32.5 Å². The molecule has 1 unspecified atom stereocenters. The minimum atomic E-state index is -1.02. The van der Waals surface area contributed by atoms with Gasteiger partial charge >= 0.3 is 5.97 Å². The predicted molar refractivity (Wildman–Crippen MR) is 74.1 cm³/mol. The zero-order chi connectivity index (χ0) is 15.0. The lowest BCUT2D eigenvalue weighted by Gasteiger charge is -2.12. The molecule has 0 saturated heterocycles. The van der Waals surface area contributed by atoms with Gasteiger partial charge in [-0.05, 0) is 29.0 Å². The van der Waals surface area contributed by atoms with Crippen LogP contribution < -0.4 is 5.32 Å². The topological polar surface area (TPSA) is 110 Å². The summed E-state index contributed by atoms with van der Waals surface area (Å²) in [5, 5.41) is 22.8. The highest BCUT2D eigenvalue weighted by Crippen LogP contribution is 2.12. The molecule has 112 valence electrons. The van der Waals surface area contributed by atoms with E-state index >= 15 is 0 Å². The number of carboxylic acid groups (broad SMARTS) is 1. The molecule has 1 amide bonds. The molecule has 2 N–H and O–H groups in total. The Balaban J connectivity index is 2.34. The van der Waals surface area contributed by atoms with Crippen molar-refractivity contribution in [1.29, 1.82) is 0 Å². The van der Waals surface area contributed by atoms with E-state index in [2.05, 4.69) is 20.8 Å². The lowest BCUT2D eigenvalue weighted by atomic mass is 10.2. The van der Waals surface area contributed by atoms with Crippen molar-refractivity contribution in [3.8, 4) is 0 Å². The van der Waals surface area contributed by atoms with Crippen LogP contribution in [0.15, 0.2) is 0 Å². The van der Waals surface area contributed by atoms with Gasteiger partial charge in [0.1, 0.15) is 6.04 Å². The molecule has 0 saturated carbocycles. The number of hydrogen-bond donors (Lipinski definition) is 2. The van der Waals surface area contributed by atoms with Crippen LogP contribution in [-0.2, 0) is 21.9 Å². The molecule has 8 nitrogen and oxygen atoms in total. The van der Waals surface area contributed by atoms with Gasteiger partial charge in [0.2, 0.25) is 5.91 Å². The van der Waals surface area contributed by atoms with E-state index in [0.717, 1.165) is 18.8 Å². The third-order valence-corrected chi connectivity index (χ3v) is 3.49. The molecular weight excluding hydrogens is 282 g/mol. The van der Waals surface area contributed by atoms with Crippen LogP contribution in [-0.4, -0.2) is 49.0 Å². The first kappa shape index (κ1) is 16.4. The summed E-state index contributed by atoms with van der Waals surface area (Å²) in [6.45, 7) is 4.12. The second-order valence-electron chi connectivity index (χ2n) is 4.25. The number of tetrazole rings is 1. The number of thioether (sulfide) groups is 1.